The predicted molar refractivity (Wildman–Crippen MR) is 75.0 cm³/mol. The van der Waals surface area contributed by atoms with Gasteiger partial charge in [0.1, 0.15) is 6.07 Å². The van der Waals surface area contributed by atoms with Gasteiger partial charge in [-0.2, -0.15) is 5.26 Å². The van der Waals surface area contributed by atoms with Crippen LogP contribution in [0.15, 0.2) is 42.5 Å². The van der Waals surface area contributed by atoms with Crippen molar-refractivity contribution in [2.75, 3.05) is 11.1 Å². The fraction of sp³-hybridized carbons (Fsp3) is 0. The third-order valence-corrected chi connectivity index (χ3v) is 2.77. The summed E-state index contributed by atoms with van der Waals surface area (Å²) in [5.74, 6) is -0.307. The van der Waals surface area contributed by atoms with Crippen molar-refractivity contribution in [2.24, 2.45) is 0 Å². The molecule has 2 aromatic carbocycles. The Balaban J connectivity index is 2.24. The van der Waals surface area contributed by atoms with Crippen LogP contribution in [0.25, 0.3) is 0 Å². The van der Waals surface area contributed by atoms with Crippen molar-refractivity contribution in [3.8, 4) is 6.07 Å². The number of nitrogens with two attached hydrogens (primary N) is 1. The Morgan fingerprint density at radius 1 is 1.21 bits per heavy atom. The fourth-order valence-corrected chi connectivity index (χ4v) is 1.69. The highest BCUT2D eigenvalue weighted by Crippen LogP contribution is 2.19. The molecule has 4 nitrogen and oxygen atoms in total. The molecule has 0 saturated carbocycles. The molecule has 0 spiro atoms. The molecule has 0 heterocycles. The number of amides is 1. The lowest BCUT2D eigenvalue weighted by molar-refractivity contribution is 0.102. The molecule has 3 N–H and O–H groups in total. The molecule has 0 atom stereocenters. The van der Waals surface area contributed by atoms with Crippen LogP contribution >= 0.6 is 11.6 Å². The first kappa shape index (κ1) is 12.9. The lowest BCUT2D eigenvalue weighted by Gasteiger charge is -2.07. The summed E-state index contributed by atoms with van der Waals surface area (Å²) in [6.45, 7) is 0. The molecule has 0 unspecified atom stereocenters. The van der Waals surface area contributed by atoms with Crippen molar-refractivity contribution < 1.29 is 4.79 Å². The summed E-state index contributed by atoms with van der Waals surface area (Å²) in [5.41, 5.74) is 7.27. The molecule has 0 aliphatic heterocycles. The van der Waals surface area contributed by atoms with Gasteiger partial charge in [-0.3, -0.25) is 4.79 Å². The number of nitrogen functional groups attached to an aromatic ring is 1. The van der Waals surface area contributed by atoms with E-state index in [1.165, 1.54) is 6.07 Å². The van der Waals surface area contributed by atoms with Crippen LogP contribution in [0.5, 0.6) is 0 Å². The zero-order valence-electron chi connectivity index (χ0n) is 9.85. The average Bonchev–Trinajstić information content (AvgIpc) is 2.41. The van der Waals surface area contributed by atoms with Crippen LogP contribution < -0.4 is 11.1 Å². The Kier molecular flexibility index (Phi) is 3.69. The van der Waals surface area contributed by atoms with Crippen LogP contribution in [0.4, 0.5) is 11.4 Å². The number of rotatable bonds is 2. The number of halogens is 1. The maximum absolute atomic E-state index is 12.0. The van der Waals surface area contributed by atoms with E-state index in [0.29, 0.717) is 27.5 Å². The maximum Gasteiger partial charge on any atom is 0.255 e. The molecule has 0 aliphatic rings. The number of nitrogens with zero attached hydrogens (tertiary/aromatic N) is 1. The largest absolute Gasteiger partial charge is 0.399 e. The summed E-state index contributed by atoms with van der Waals surface area (Å²) in [4.78, 5) is 12.0. The topological polar surface area (TPSA) is 78.9 Å². The lowest BCUT2D eigenvalue weighted by atomic mass is 10.1. The number of carbonyl (C=O) groups excluding carboxylic acids is 1. The van der Waals surface area contributed by atoms with Crippen molar-refractivity contribution in [2.45, 2.75) is 0 Å². The lowest BCUT2D eigenvalue weighted by Crippen LogP contribution is -2.12. The van der Waals surface area contributed by atoms with Crippen molar-refractivity contribution >= 4 is 28.9 Å². The number of hydrogen-bond acceptors (Lipinski definition) is 3. The molecule has 0 saturated heterocycles. The molecule has 94 valence electrons. The van der Waals surface area contributed by atoms with Gasteiger partial charge in [-0.1, -0.05) is 11.6 Å². The molecule has 0 bridgehead atoms. The molecule has 19 heavy (non-hydrogen) atoms. The molecule has 2 aromatic rings. The zero-order chi connectivity index (χ0) is 13.8. The van der Waals surface area contributed by atoms with Crippen molar-refractivity contribution in [3.05, 3.63) is 58.6 Å². The van der Waals surface area contributed by atoms with E-state index in [-0.39, 0.29) is 5.91 Å². The number of anilines is 2. The summed E-state index contributed by atoms with van der Waals surface area (Å²) in [5, 5.41) is 12.2. The smallest absolute Gasteiger partial charge is 0.255 e. The molecule has 1 amide bonds. The number of nitrogens with one attached hydrogen (secondary N) is 1. The summed E-state index contributed by atoms with van der Waals surface area (Å²) in [7, 11) is 0. The van der Waals surface area contributed by atoms with Crippen molar-refractivity contribution in [1.29, 1.82) is 5.26 Å². The van der Waals surface area contributed by atoms with Gasteiger partial charge in [0.05, 0.1) is 11.3 Å². The van der Waals surface area contributed by atoms with Gasteiger partial charge in [0, 0.05) is 16.3 Å². The van der Waals surface area contributed by atoms with E-state index >= 15 is 0 Å². The van der Waals surface area contributed by atoms with Crippen LogP contribution in [0, 0.1) is 11.3 Å². The van der Waals surface area contributed by atoms with Crippen LogP contribution in [-0.4, -0.2) is 5.91 Å². The third-order valence-electron chi connectivity index (χ3n) is 2.52. The number of carbonyl (C=O) groups is 1. The van der Waals surface area contributed by atoms with Crippen LogP contribution in [0.1, 0.15) is 15.9 Å². The van der Waals surface area contributed by atoms with Gasteiger partial charge in [0.25, 0.3) is 5.91 Å². The van der Waals surface area contributed by atoms with Gasteiger partial charge in [-0.25, -0.2) is 0 Å². The predicted octanol–water partition coefficient (Wildman–Crippen LogP) is 3.05. The molecule has 0 aliphatic carbocycles. The monoisotopic (exact) mass is 271 g/mol. The number of nitriles is 1. The minimum Gasteiger partial charge on any atom is -0.399 e. The highest BCUT2D eigenvalue weighted by atomic mass is 35.5. The van der Waals surface area contributed by atoms with Gasteiger partial charge >= 0.3 is 0 Å². The van der Waals surface area contributed by atoms with Gasteiger partial charge in [0.2, 0.25) is 0 Å². The van der Waals surface area contributed by atoms with E-state index in [2.05, 4.69) is 5.32 Å². The molecule has 0 fully saturated rings. The van der Waals surface area contributed by atoms with Crippen LogP contribution in [0.3, 0.4) is 0 Å². The van der Waals surface area contributed by atoms with Gasteiger partial charge in [-0.05, 0) is 42.5 Å². The molecular weight excluding hydrogens is 262 g/mol. The third kappa shape index (κ3) is 3.03. The zero-order valence-corrected chi connectivity index (χ0v) is 10.6. The Hall–Kier alpha value is -2.51. The second-order valence-electron chi connectivity index (χ2n) is 3.88. The van der Waals surface area contributed by atoms with Gasteiger partial charge < -0.3 is 11.1 Å². The van der Waals surface area contributed by atoms with E-state index < -0.39 is 0 Å². The first-order valence-corrected chi connectivity index (χ1v) is 5.84. The van der Waals surface area contributed by atoms with Crippen LogP contribution in [-0.2, 0) is 0 Å². The summed E-state index contributed by atoms with van der Waals surface area (Å²) in [6.07, 6.45) is 0. The van der Waals surface area contributed by atoms with E-state index in [1.807, 2.05) is 6.07 Å². The number of benzene rings is 2. The first-order chi connectivity index (χ1) is 9.10. The quantitative estimate of drug-likeness (QED) is 0.824. The van der Waals surface area contributed by atoms with E-state index in [4.69, 9.17) is 22.6 Å². The summed E-state index contributed by atoms with van der Waals surface area (Å²) in [6, 6.07) is 13.2. The maximum atomic E-state index is 12.0. The van der Waals surface area contributed by atoms with E-state index in [9.17, 15) is 4.79 Å². The standard InChI is InChI=1S/C14H10ClN3O/c15-11-3-1-9(2-4-11)14(19)18-13-6-5-12(17)7-10(13)8-16/h1-7H,17H2,(H,18,19). The van der Waals surface area contributed by atoms with E-state index in [1.54, 1.807) is 36.4 Å². The van der Waals surface area contributed by atoms with Crippen molar-refractivity contribution in [1.82, 2.24) is 0 Å². The van der Waals surface area contributed by atoms with Crippen LogP contribution in [0.2, 0.25) is 5.02 Å². The minimum absolute atomic E-state index is 0.307. The molecule has 0 aromatic heterocycles. The van der Waals surface area contributed by atoms with Crippen molar-refractivity contribution in [3.63, 3.8) is 0 Å². The van der Waals surface area contributed by atoms with Gasteiger partial charge in [0.15, 0.2) is 0 Å². The SMILES string of the molecule is N#Cc1cc(N)ccc1NC(=O)c1ccc(Cl)cc1. The molecule has 5 heteroatoms. The molecular formula is C14H10ClN3O. The molecule has 2 rings (SSSR count). The summed E-state index contributed by atoms with van der Waals surface area (Å²) < 4.78 is 0. The van der Waals surface area contributed by atoms with E-state index in [0.717, 1.165) is 0 Å². The molecule has 0 radical (unpaired) electrons. The van der Waals surface area contributed by atoms with Gasteiger partial charge in [-0.15, -0.1) is 0 Å². The minimum atomic E-state index is -0.307. The Morgan fingerprint density at radius 3 is 2.53 bits per heavy atom. The number of hydrogen-bond donors (Lipinski definition) is 2. The first-order valence-electron chi connectivity index (χ1n) is 5.46. The highest BCUT2D eigenvalue weighted by molar-refractivity contribution is 6.30. The normalized spacial score (nSPS) is 9.68. The second-order valence-corrected chi connectivity index (χ2v) is 4.31. The highest BCUT2D eigenvalue weighted by Gasteiger charge is 2.09. The Bertz CT molecular complexity index is 659. The average molecular weight is 272 g/mol. The second kappa shape index (κ2) is 5.42. The Labute approximate surface area is 115 Å². The summed E-state index contributed by atoms with van der Waals surface area (Å²) >= 11 is 5.75. The Morgan fingerprint density at radius 2 is 1.89 bits per heavy atom. The fourth-order valence-electron chi connectivity index (χ4n) is 1.56.